The van der Waals surface area contributed by atoms with Crippen LogP contribution in [-0.2, 0) is 19.2 Å². The first-order chi connectivity index (χ1) is 29.4. The highest BCUT2D eigenvalue weighted by atomic mass is 16.2. The van der Waals surface area contributed by atoms with E-state index in [2.05, 4.69) is 76.5 Å². The van der Waals surface area contributed by atoms with Gasteiger partial charge in [-0.1, -0.05) is 176 Å². The monoisotopic (exact) mass is 859 g/mol. The second-order valence-corrected chi connectivity index (χ2v) is 17.3. The standard InChI is InChI=1S/C47H90N10O4/c1-7-10-13-16-19-22-25-28-38(4)35-50-55-43(58)33-31-41(54-47(48)49)45(60)53-42(46(61)57-52-37-40(6)30-27-24-21-18-15-12-9-3)32-34-44(59)56-51-36-39(5)29-26-23-20-17-14-11-8-2/h35-42H,7-34H2,1-6H3,(H,53,60)(H,55,58)(H,56,59)(H,57,61)(H4,48,49,54)/b50-35+,51-36+,52-37+/t38?,39?,40?,41-,42-/m0/s1. The Bertz CT molecular complexity index is 1250. The van der Waals surface area contributed by atoms with Crippen molar-refractivity contribution in [1.29, 1.82) is 0 Å². The number of hydrogen-bond acceptors (Lipinski definition) is 8. The van der Waals surface area contributed by atoms with Crippen molar-refractivity contribution in [2.24, 2.45) is 49.5 Å². The molecule has 0 aliphatic carbocycles. The number of unbranched alkanes of at least 4 members (excludes halogenated alkanes) is 18. The zero-order valence-corrected chi connectivity index (χ0v) is 39.5. The molecule has 0 aromatic heterocycles. The van der Waals surface area contributed by atoms with Crippen LogP contribution >= 0.6 is 0 Å². The Morgan fingerprint density at radius 1 is 0.459 bits per heavy atom. The second-order valence-electron chi connectivity index (χ2n) is 17.3. The van der Waals surface area contributed by atoms with Crippen LogP contribution in [-0.4, -0.2) is 60.3 Å². The van der Waals surface area contributed by atoms with Gasteiger partial charge in [0.2, 0.25) is 17.7 Å². The summed E-state index contributed by atoms with van der Waals surface area (Å²) < 4.78 is 0. The molecular formula is C47H90N10O4. The number of nitrogens with two attached hydrogens (primary N) is 2. The molecule has 0 aliphatic rings. The zero-order valence-electron chi connectivity index (χ0n) is 39.5. The molecule has 61 heavy (non-hydrogen) atoms. The lowest BCUT2D eigenvalue weighted by molar-refractivity contribution is -0.130. The third kappa shape index (κ3) is 36.5. The average Bonchev–Trinajstić information content (AvgIpc) is 3.22. The van der Waals surface area contributed by atoms with Crippen LogP contribution in [0.3, 0.4) is 0 Å². The Kier molecular flexibility index (Phi) is 37.7. The van der Waals surface area contributed by atoms with Crippen LogP contribution < -0.4 is 33.1 Å². The van der Waals surface area contributed by atoms with Gasteiger partial charge in [0.25, 0.3) is 5.91 Å². The second kappa shape index (κ2) is 40.2. The van der Waals surface area contributed by atoms with Crippen LogP contribution in [0.15, 0.2) is 20.3 Å². The van der Waals surface area contributed by atoms with Gasteiger partial charge >= 0.3 is 0 Å². The van der Waals surface area contributed by atoms with Crippen molar-refractivity contribution < 1.29 is 19.2 Å². The van der Waals surface area contributed by atoms with Gasteiger partial charge in [0.15, 0.2) is 5.96 Å². The van der Waals surface area contributed by atoms with Gasteiger partial charge < -0.3 is 16.8 Å². The van der Waals surface area contributed by atoms with Gasteiger partial charge in [0, 0.05) is 31.5 Å². The highest BCUT2D eigenvalue weighted by molar-refractivity contribution is 5.92. The van der Waals surface area contributed by atoms with E-state index >= 15 is 0 Å². The number of guanidine groups is 1. The van der Waals surface area contributed by atoms with Crippen LogP contribution in [0.1, 0.15) is 221 Å². The minimum absolute atomic E-state index is 0.0313. The van der Waals surface area contributed by atoms with E-state index in [9.17, 15) is 19.2 Å². The van der Waals surface area contributed by atoms with Crippen LogP contribution in [0.25, 0.3) is 0 Å². The summed E-state index contributed by atoms with van der Waals surface area (Å²) in [5, 5.41) is 15.1. The lowest BCUT2D eigenvalue weighted by Gasteiger charge is -2.20. The quantitative estimate of drug-likeness (QED) is 0.0153. The number of nitrogens with one attached hydrogen (secondary N) is 4. The highest BCUT2D eigenvalue weighted by Crippen LogP contribution is 2.14. The summed E-state index contributed by atoms with van der Waals surface area (Å²) in [4.78, 5) is 56.5. The molecule has 3 unspecified atom stereocenters. The van der Waals surface area contributed by atoms with Gasteiger partial charge in [0.05, 0.1) is 0 Å². The lowest BCUT2D eigenvalue weighted by Crippen LogP contribution is -2.49. The molecule has 14 nitrogen and oxygen atoms in total. The van der Waals surface area contributed by atoms with Crippen LogP contribution in [0, 0.1) is 17.8 Å². The van der Waals surface area contributed by atoms with Crippen molar-refractivity contribution in [2.45, 2.75) is 233 Å². The molecule has 8 N–H and O–H groups in total. The Labute approximate surface area is 371 Å². The van der Waals surface area contributed by atoms with E-state index in [4.69, 9.17) is 11.5 Å². The topological polar surface area (TPSA) is 218 Å². The van der Waals surface area contributed by atoms with Gasteiger partial charge in [-0.2, -0.15) is 15.3 Å². The van der Waals surface area contributed by atoms with Crippen molar-refractivity contribution >= 4 is 48.2 Å². The molecule has 4 amide bonds. The maximum Gasteiger partial charge on any atom is 0.262 e. The molecule has 0 aromatic carbocycles. The van der Waals surface area contributed by atoms with E-state index in [1.165, 1.54) is 109 Å². The first kappa shape index (κ1) is 57.2. The van der Waals surface area contributed by atoms with Crippen molar-refractivity contribution in [3.8, 4) is 0 Å². The number of carbonyl (C=O) groups excluding carboxylic acids is 4. The summed E-state index contributed by atoms with van der Waals surface area (Å²) in [5.41, 5.74) is 19.0. The van der Waals surface area contributed by atoms with E-state index in [1.807, 2.05) is 6.92 Å². The van der Waals surface area contributed by atoms with Gasteiger partial charge in [-0.3, -0.25) is 19.2 Å². The number of carbonyl (C=O) groups is 4. The number of nitrogens with zero attached hydrogens (tertiary/aromatic N) is 4. The highest BCUT2D eigenvalue weighted by Gasteiger charge is 2.27. The summed E-state index contributed by atoms with van der Waals surface area (Å²) >= 11 is 0. The number of rotatable bonds is 40. The SMILES string of the molecule is CCCCCCCCCC(C)/C=N/NC(=O)CC[C@H](N=C(N)N)C(=O)N[C@@H](CCC(=O)N/N=C/C(C)CCCCCCCCC)C(=O)N/N=C/C(C)CCCCCCCCC. The molecule has 0 spiro atoms. The van der Waals surface area contributed by atoms with Crippen molar-refractivity contribution in [1.82, 2.24) is 21.6 Å². The summed E-state index contributed by atoms with van der Waals surface area (Å²) in [6.45, 7) is 12.8. The van der Waals surface area contributed by atoms with Crippen LogP contribution in [0.2, 0.25) is 0 Å². The summed E-state index contributed by atoms with van der Waals surface area (Å²) in [6.07, 6.45) is 33.7. The Balaban J connectivity index is 5.35. The fraction of sp³-hybridized carbons (Fsp3) is 0.830. The van der Waals surface area contributed by atoms with E-state index in [0.29, 0.717) is 0 Å². The molecule has 0 heterocycles. The molecule has 0 saturated carbocycles. The molecule has 0 aliphatic heterocycles. The van der Waals surface area contributed by atoms with Crippen molar-refractivity contribution in [2.75, 3.05) is 0 Å². The maximum atomic E-state index is 13.6. The van der Waals surface area contributed by atoms with Gasteiger partial charge in [-0.15, -0.1) is 0 Å². The molecule has 0 rings (SSSR count). The fourth-order valence-electron chi connectivity index (χ4n) is 6.90. The van der Waals surface area contributed by atoms with Crippen molar-refractivity contribution in [3.05, 3.63) is 0 Å². The minimum atomic E-state index is -1.16. The predicted octanol–water partition coefficient (Wildman–Crippen LogP) is 9.31. The molecule has 0 fully saturated rings. The van der Waals surface area contributed by atoms with E-state index in [0.717, 1.165) is 44.9 Å². The van der Waals surface area contributed by atoms with Gasteiger partial charge in [0.1, 0.15) is 12.1 Å². The summed E-state index contributed by atoms with van der Waals surface area (Å²) in [5.74, 6) is -1.80. The average molecular weight is 859 g/mol. The van der Waals surface area contributed by atoms with Gasteiger partial charge in [-0.05, 0) is 49.9 Å². The summed E-state index contributed by atoms with van der Waals surface area (Å²) in [7, 11) is 0. The number of hydrogen-bond donors (Lipinski definition) is 6. The van der Waals surface area contributed by atoms with E-state index in [1.54, 1.807) is 18.6 Å². The minimum Gasteiger partial charge on any atom is -0.370 e. The molecule has 14 heteroatoms. The smallest absolute Gasteiger partial charge is 0.262 e. The molecule has 0 radical (unpaired) electrons. The number of hydrazone groups is 3. The maximum absolute atomic E-state index is 13.6. The van der Waals surface area contributed by atoms with E-state index < -0.39 is 35.7 Å². The molecule has 352 valence electrons. The predicted molar refractivity (Wildman–Crippen MR) is 255 cm³/mol. The first-order valence-electron chi connectivity index (χ1n) is 24.3. The third-order valence-corrected chi connectivity index (χ3v) is 10.9. The molecular weight excluding hydrogens is 769 g/mol. The zero-order chi connectivity index (χ0) is 45.4. The summed E-state index contributed by atoms with van der Waals surface area (Å²) in [6, 6.07) is -2.30. The Hall–Kier alpha value is -3.84. The fourth-order valence-corrected chi connectivity index (χ4v) is 6.90. The Morgan fingerprint density at radius 2 is 0.803 bits per heavy atom. The van der Waals surface area contributed by atoms with Gasteiger partial charge in [-0.25, -0.2) is 21.3 Å². The normalized spacial score (nSPS) is 14.1. The van der Waals surface area contributed by atoms with Crippen LogP contribution in [0.4, 0.5) is 0 Å². The largest absolute Gasteiger partial charge is 0.370 e. The Morgan fingerprint density at radius 3 is 1.18 bits per heavy atom. The van der Waals surface area contributed by atoms with Crippen LogP contribution in [0.5, 0.6) is 0 Å². The molecule has 5 atom stereocenters. The number of aliphatic imine (C=N–C) groups is 1. The molecule has 0 aromatic rings. The molecule has 0 bridgehead atoms. The van der Waals surface area contributed by atoms with Crippen molar-refractivity contribution in [3.63, 3.8) is 0 Å². The van der Waals surface area contributed by atoms with E-state index in [-0.39, 0.29) is 49.4 Å². The first-order valence-corrected chi connectivity index (χ1v) is 24.3. The number of amides is 4. The molecule has 0 saturated heterocycles. The lowest BCUT2D eigenvalue weighted by atomic mass is 10.0. The third-order valence-electron chi connectivity index (χ3n) is 10.9.